The van der Waals surface area contributed by atoms with Crippen molar-refractivity contribution in [1.29, 1.82) is 0 Å². The lowest BCUT2D eigenvalue weighted by atomic mass is 10.1. The van der Waals surface area contributed by atoms with Gasteiger partial charge in [-0.1, -0.05) is 29.8 Å². The van der Waals surface area contributed by atoms with Gasteiger partial charge in [0.1, 0.15) is 12.4 Å². The van der Waals surface area contributed by atoms with Crippen LogP contribution in [0.3, 0.4) is 0 Å². The molecule has 0 aromatic heterocycles. The molecule has 1 N–H and O–H groups in total. The molecule has 0 unspecified atom stereocenters. The van der Waals surface area contributed by atoms with E-state index in [1.54, 1.807) is 24.3 Å². The molecule has 1 atom stereocenters. The number of rotatable bonds is 8. The van der Waals surface area contributed by atoms with Crippen LogP contribution < -0.4 is 10.1 Å². The lowest BCUT2D eigenvalue weighted by Crippen LogP contribution is -2.34. The van der Waals surface area contributed by atoms with Gasteiger partial charge in [0, 0.05) is 18.4 Å². The highest BCUT2D eigenvalue weighted by molar-refractivity contribution is 6.30. The molecule has 0 saturated carbocycles. The number of halogens is 4. The first-order chi connectivity index (χ1) is 13.6. The molecular formula is C20H19ClF3NO4. The van der Waals surface area contributed by atoms with Crippen LogP contribution in [-0.4, -0.2) is 31.1 Å². The first kappa shape index (κ1) is 22.5. The van der Waals surface area contributed by atoms with Crippen molar-refractivity contribution in [3.63, 3.8) is 0 Å². The molecule has 0 spiro atoms. The predicted octanol–water partition coefficient (Wildman–Crippen LogP) is 4.03. The molecule has 0 fully saturated rings. The highest BCUT2D eigenvalue weighted by atomic mass is 35.5. The molecular weight excluding hydrogens is 411 g/mol. The fourth-order valence-corrected chi connectivity index (χ4v) is 2.52. The Morgan fingerprint density at radius 2 is 1.83 bits per heavy atom. The smallest absolute Gasteiger partial charge is 0.416 e. The van der Waals surface area contributed by atoms with Crippen LogP contribution in [0.2, 0.25) is 5.02 Å². The third-order valence-corrected chi connectivity index (χ3v) is 4.01. The molecule has 0 heterocycles. The van der Waals surface area contributed by atoms with Crippen molar-refractivity contribution in [3.05, 3.63) is 64.7 Å². The summed E-state index contributed by atoms with van der Waals surface area (Å²) in [6, 6.07) is 10.9. The zero-order valence-electron chi connectivity index (χ0n) is 15.5. The molecule has 5 nitrogen and oxygen atoms in total. The standard InChI is InChI=1S/C20H19ClF3NO4/c1-13(26)25-9-10-28-19(27)18(11-14-5-7-16(21)8-6-14)29-17-4-2-3-15(12-17)20(22,23)24/h2-8,12,18H,9-11H2,1H3,(H,25,26)/t18-/m1/s1. The van der Waals surface area contributed by atoms with Crippen LogP contribution in [0, 0.1) is 0 Å². The molecule has 2 aromatic rings. The number of benzene rings is 2. The average molecular weight is 430 g/mol. The van der Waals surface area contributed by atoms with E-state index < -0.39 is 23.8 Å². The number of carbonyl (C=O) groups excluding carboxylic acids is 2. The molecule has 0 aliphatic rings. The Labute approximate surface area is 170 Å². The summed E-state index contributed by atoms with van der Waals surface area (Å²) in [5, 5.41) is 2.97. The highest BCUT2D eigenvalue weighted by Crippen LogP contribution is 2.31. The second kappa shape index (κ2) is 10.2. The van der Waals surface area contributed by atoms with Crippen molar-refractivity contribution in [2.45, 2.75) is 25.6 Å². The Kier molecular flexibility index (Phi) is 7.90. The van der Waals surface area contributed by atoms with Crippen molar-refractivity contribution >= 4 is 23.5 Å². The molecule has 0 saturated heterocycles. The van der Waals surface area contributed by atoms with Crippen molar-refractivity contribution in [2.75, 3.05) is 13.2 Å². The van der Waals surface area contributed by atoms with Gasteiger partial charge in [0.15, 0.2) is 6.10 Å². The number of esters is 1. The van der Waals surface area contributed by atoms with E-state index in [-0.39, 0.29) is 31.2 Å². The molecule has 0 aliphatic carbocycles. The fourth-order valence-electron chi connectivity index (χ4n) is 2.39. The minimum atomic E-state index is -4.54. The minimum Gasteiger partial charge on any atom is -0.478 e. The third kappa shape index (κ3) is 7.65. The van der Waals surface area contributed by atoms with E-state index in [9.17, 15) is 22.8 Å². The first-order valence-electron chi connectivity index (χ1n) is 8.64. The Bertz CT molecular complexity index is 840. The van der Waals surface area contributed by atoms with Crippen LogP contribution in [-0.2, 0) is 26.9 Å². The molecule has 156 valence electrons. The summed E-state index contributed by atoms with van der Waals surface area (Å²) < 4.78 is 49.4. The Hall–Kier alpha value is -2.74. The molecule has 2 aromatic carbocycles. The van der Waals surface area contributed by atoms with Gasteiger partial charge in [-0.15, -0.1) is 0 Å². The lowest BCUT2D eigenvalue weighted by Gasteiger charge is -2.19. The lowest BCUT2D eigenvalue weighted by molar-refractivity contribution is -0.152. The molecule has 9 heteroatoms. The van der Waals surface area contributed by atoms with Gasteiger partial charge in [-0.2, -0.15) is 13.2 Å². The van der Waals surface area contributed by atoms with Crippen LogP contribution in [0.25, 0.3) is 0 Å². The second-order valence-electron chi connectivity index (χ2n) is 6.11. The normalized spacial score (nSPS) is 12.2. The topological polar surface area (TPSA) is 64.6 Å². The fraction of sp³-hybridized carbons (Fsp3) is 0.300. The maximum atomic E-state index is 12.9. The predicted molar refractivity (Wildman–Crippen MR) is 101 cm³/mol. The van der Waals surface area contributed by atoms with Gasteiger partial charge in [0.05, 0.1) is 12.1 Å². The van der Waals surface area contributed by atoms with E-state index in [1.165, 1.54) is 19.1 Å². The molecule has 1 amide bonds. The number of ether oxygens (including phenoxy) is 2. The van der Waals surface area contributed by atoms with Gasteiger partial charge in [0.25, 0.3) is 0 Å². The zero-order valence-corrected chi connectivity index (χ0v) is 16.2. The minimum absolute atomic E-state index is 0.0619. The van der Waals surface area contributed by atoms with Gasteiger partial charge in [-0.3, -0.25) is 4.79 Å². The maximum Gasteiger partial charge on any atom is 0.416 e. The third-order valence-electron chi connectivity index (χ3n) is 3.76. The quantitative estimate of drug-likeness (QED) is 0.508. The van der Waals surface area contributed by atoms with Crippen LogP contribution in [0.15, 0.2) is 48.5 Å². The summed E-state index contributed by atoms with van der Waals surface area (Å²) in [6.07, 6.45) is -5.66. The van der Waals surface area contributed by atoms with Gasteiger partial charge < -0.3 is 14.8 Å². The Morgan fingerprint density at radius 1 is 1.14 bits per heavy atom. The van der Waals surface area contributed by atoms with Crippen molar-refractivity contribution in [1.82, 2.24) is 5.32 Å². The van der Waals surface area contributed by atoms with Crippen LogP contribution in [0.1, 0.15) is 18.1 Å². The van der Waals surface area contributed by atoms with Crippen molar-refractivity contribution in [3.8, 4) is 5.75 Å². The summed E-state index contributed by atoms with van der Waals surface area (Å²) in [7, 11) is 0. The van der Waals surface area contributed by atoms with E-state index >= 15 is 0 Å². The SMILES string of the molecule is CC(=O)NCCOC(=O)[C@@H](Cc1ccc(Cl)cc1)Oc1cccc(C(F)(F)F)c1. The van der Waals surface area contributed by atoms with Crippen LogP contribution >= 0.6 is 11.6 Å². The molecule has 29 heavy (non-hydrogen) atoms. The van der Waals surface area contributed by atoms with E-state index in [1.807, 2.05) is 0 Å². The number of alkyl halides is 3. The Balaban J connectivity index is 2.14. The van der Waals surface area contributed by atoms with Gasteiger partial charge in [-0.05, 0) is 35.9 Å². The molecule has 2 rings (SSSR count). The van der Waals surface area contributed by atoms with Crippen molar-refractivity contribution < 1.29 is 32.2 Å². The first-order valence-corrected chi connectivity index (χ1v) is 9.02. The van der Waals surface area contributed by atoms with Crippen molar-refractivity contribution in [2.24, 2.45) is 0 Å². The largest absolute Gasteiger partial charge is 0.478 e. The van der Waals surface area contributed by atoms with E-state index in [0.717, 1.165) is 12.1 Å². The van der Waals surface area contributed by atoms with Gasteiger partial charge >= 0.3 is 12.1 Å². The summed E-state index contributed by atoms with van der Waals surface area (Å²) in [5.74, 6) is -1.15. The summed E-state index contributed by atoms with van der Waals surface area (Å²) in [4.78, 5) is 23.3. The molecule has 0 radical (unpaired) electrons. The summed E-state index contributed by atoms with van der Waals surface area (Å²) in [5.41, 5.74) is -0.204. The number of nitrogens with one attached hydrogen (secondary N) is 1. The van der Waals surface area contributed by atoms with Gasteiger partial charge in [0.2, 0.25) is 5.91 Å². The van der Waals surface area contributed by atoms with Gasteiger partial charge in [-0.25, -0.2) is 4.79 Å². The number of carbonyl (C=O) groups is 2. The highest BCUT2D eigenvalue weighted by Gasteiger charge is 2.31. The summed E-state index contributed by atoms with van der Waals surface area (Å²) in [6.45, 7) is 1.34. The summed E-state index contributed by atoms with van der Waals surface area (Å²) >= 11 is 5.85. The number of amides is 1. The Morgan fingerprint density at radius 3 is 2.45 bits per heavy atom. The number of hydrogen-bond acceptors (Lipinski definition) is 4. The van der Waals surface area contributed by atoms with E-state index in [2.05, 4.69) is 5.32 Å². The zero-order chi connectivity index (χ0) is 21.4. The van der Waals surface area contributed by atoms with E-state index in [4.69, 9.17) is 21.1 Å². The molecule has 0 bridgehead atoms. The number of hydrogen-bond donors (Lipinski definition) is 1. The van der Waals surface area contributed by atoms with E-state index in [0.29, 0.717) is 10.6 Å². The monoisotopic (exact) mass is 429 g/mol. The van der Waals surface area contributed by atoms with Crippen LogP contribution in [0.4, 0.5) is 13.2 Å². The second-order valence-corrected chi connectivity index (χ2v) is 6.55. The molecule has 0 aliphatic heterocycles. The maximum absolute atomic E-state index is 12.9. The van der Waals surface area contributed by atoms with Crippen LogP contribution in [0.5, 0.6) is 5.75 Å². The average Bonchev–Trinajstić information content (AvgIpc) is 2.65.